The molecule has 0 spiro atoms. The summed E-state index contributed by atoms with van der Waals surface area (Å²) in [6.07, 6.45) is 3.47. The average molecular weight is 420 g/mol. The monoisotopic (exact) mass is 419 g/mol. The highest BCUT2D eigenvalue weighted by Crippen LogP contribution is 2.23. The van der Waals surface area contributed by atoms with E-state index in [9.17, 15) is 4.79 Å². The summed E-state index contributed by atoms with van der Waals surface area (Å²) < 4.78 is 7.21. The van der Waals surface area contributed by atoms with E-state index in [-0.39, 0.29) is 5.97 Å². The van der Waals surface area contributed by atoms with E-state index in [1.165, 1.54) is 0 Å². The molecule has 7 heteroatoms. The molecule has 1 aliphatic rings. The van der Waals surface area contributed by atoms with Crippen molar-refractivity contribution in [3.05, 3.63) is 71.2 Å². The minimum Gasteiger partial charge on any atom is -0.462 e. The summed E-state index contributed by atoms with van der Waals surface area (Å²) in [5.41, 5.74) is 4.68. The lowest BCUT2D eigenvalue weighted by Gasteiger charge is -2.35. The molecule has 1 aliphatic heterocycles. The molecule has 0 aliphatic carbocycles. The van der Waals surface area contributed by atoms with Gasteiger partial charge in [0.2, 0.25) is 0 Å². The Hall–Kier alpha value is -3.19. The van der Waals surface area contributed by atoms with Crippen molar-refractivity contribution in [1.82, 2.24) is 19.7 Å². The number of carbonyl (C=O) groups excluding carboxylic acids is 1. The zero-order chi connectivity index (χ0) is 21.8. The SMILES string of the molecule is CCOC(=O)c1cnn(-c2cc(C)ccc2C)c1CN1CCN(c2ccccn2)CC1. The first-order valence-electron chi connectivity index (χ1n) is 10.8. The van der Waals surface area contributed by atoms with Crippen molar-refractivity contribution < 1.29 is 9.53 Å². The standard InChI is InChI=1S/C24H29N5O2/c1-4-31-24(30)20-16-26-29(21-15-18(2)8-9-19(21)3)22(20)17-27-11-13-28(14-12-27)23-7-5-6-10-25-23/h5-10,15-16H,4,11-14,17H2,1-3H3. The van der Waals surface area contributed by atoms with Crippen LogP contribution in [0.15, 0.2) is 48.8 Å². The number of rotatable bonds is 6. The van der Waals surface area contributed by atoms with E-state index in [4.69, 9.17) is 4.74 Å². The molecule has 31 heavy (non-hydrogen) atoms. The number of hydrogen-bond donors (Lipinski definition) is 0. The molecule has 0 bridgehead atoms. The molecular formula is C24H29N5O2. The van der Waals surface area contributed by atoms with E-state index in [0.717, 1.165) is 54.5 Å². The van der Waals surface area contributed by atoms with Crippen LogP contribution in [0.2, 0.25) is 0 Å². The van der Waals surface area contributed by atoms with Gasteiger partial charge in [-0.25, -0.2) is 14.5 Å². The summed E-state index contributed by atoms with van der Waals surface area (Å²) in [5, 5.41) is 4.59. The molecule has 0 radical (unpaired) electrons. The molecule has 3 aromatic rings. The van der Waals surface area contributed by atoms with Gasteiger partial charge in [-0.1, -0.05) is 18.2 Å². The van der Waals surface area contributed by atoms with Gasteiger partial charge in [-0.15, -0.1) is 0 Å². The van der Waals surface area contributed by atoms with Gasteiger partial charge in [0.1, 0.15) is 11.4 Å². The molecule has 0 saturated carbocycles. The number of piperazine rings is 1. The highest BCUT2D eigenvalue weighted by molar-refractivity contribution is 5.90. The molecule has 0 amide bonds. The van der Waals surface area contributed by atoms with E-state index in [1.54, 1.807) is 6.20 Å². The van der Waals surface area contributed by atoms with Gasteiger partial charge in [0.15, 0.2) is 0 Å². The second-order valence-electron chi connectivity index (χ2n) is 7.88. The highest BCUT2D eigenvalue weighted by atomic mass is 16.5. The second kappa shape index (κ2) is 9.31. The maximum absolute atomic E-state index is 12.6. The van der Waals surface area contributed by atoms with Gasteiger partial charge in [0.25, 0.3) is 0 Å². The van der Waals surface area contributed by atoms with Crippen LogP contribution in [0.1, 0.15) is 34.1 Å². The molecule has 2 aromatic heterocycles. The number of hydrogen-bond acceptors (Lipinski definition) is 6. The molecule has 1 saturated heterocycles. The van der Waals surface area contributed by atoms with Gasteiger partial charge in [-0.3, -0.25) is 4.90 Å². The summed E-state index contributed by atoms with van der Waals surface area (Å²) in [7, 11) is 0. The van der Waals surface area contributed by atoms with Gasteiger partial charge in [-0.2, -0.15) is 5.10 Å². The largest absolute Gasteiger partial charge is 0.462 e. The van der Waals surface area contributed by atoms with Crippen molar-refractivity contribution >= 4 is 11.8 Å². The normalized spacial score (nSPS) is 14.6. The fourth-order valence-corrected chi connectivity index (χ4v) is 3.95. The number of nitrogens with zero attached hydrogens (tertiary/aromatic N) is 5. The maximum Gasteiger partial charge on any atom is 0.341 e. The Balaban J connectivity index is 1.58. The Labute approximate surface area is 183 Å². The molecule has 162 valence electrons. The zero-order valence-corrected chi connectivity index (χ0v) is 18.4. The topological polar surface area (TPSA) is 63.5 Å². The number of anilines is 1. The Morgan fingerprint density at radius 2 is 1.90 bits per heavy atom. The Kier molecular flexibility index (Phi) is 6.32. The van der Waals surface area contributed by atoms with Gasteiger partial charge in [-0.05, 0) is 50.1 Å². The lowest BCUT2D eigenvalue weighted by Crippen LogP contribution is -2.46. The number of aryl methyl sites for hydroxylation is 2. The number of ether oxygens (including phenoxy) is 1. The third kappa shape index (κ3) is 4.61. The maximum atomic E-state index is 12.6. The number of benzene rings is 1. The first kappa shape index (κ1) is 21.1. The number of esters is 1. The molecule has 0 N–H and O–H groups in total. The van der Waals surface area contributed by atoms with Crippen LogP contribution in [0.25, 0.3) is 5.69 Å². The summed E-state index contributed by atoms with van der Waals surface area (Å²) in [6.45, 7) is 10.5. The summed E-state index contributed by atoms with van der Waals surface area (Å²) in [6, 6.07) is 12.3. The third-order valence-electron chi connectivity index (χ3n) is 5.68. The minimum atomic E-state index is -0.318. The van der Waals surface area contributed by atoms with Crippen LogP contribution in [0.3, 0.4) is 0 Å². The summed E-state index contributed by atoms with van der Waals surface area (Å²) >= 11 is 0. The fourth-order valence-electron chi connectivity index (χ4n) is 3.95. The molecule has 4 rings (SSSR count). The molecule has 0 atom stereocenters. The van der Waals surface area contributed by atoms with Crippen molar-refractivity contribution in [2.75, 3.05) is 37.7 Å². The average Bonchev–Trinajstić information content (AvgIpc) is 3.20. The van der Waals surface area contributed by atoms with E-state index in [0.29, 0.717) is 18.7 Å². The molecule has 7 nitrogen and oxygen atoms in total. The van der Waals surface area contributed by atoms with Crippen LogP contribution in [0.5, 0.6) is 0 Å². The predicted octanol–water partition coefficient (Wildman–Crippen LogP) is 3.38. The molecule has 1 aromatic carbocycles. The van der Waals surface area contributed by atoms with Crippen molar-refractivity contribution in [2.24, 2.45) is 0 Å². The number of pyridine rings is 1. The first-order chi connectivity index (χ1) is 15.1. The van der Waals surface area contributed by atoms with Gasteiger partial charge in [0, 0.05) is 38.9 Å². The summed E-state index contributed by atoms with van der Waals surface area (Å²) in [4.78, 5) is 21.8. The van der Waals surface area contributed by atoms with Crippen molar-refractivity contribution in [1.29, 1.82) is 0 Å². The quantitative estimate of drug-likeness (QED) is 0.571. The Morgan fingerprint density at radius 1 is 1.10 bits per heavy atom. The molecule has 3 heterocycles. The second-order valence-corrected chi connectivity index (χ2v) is 7.88. The van der Waals surface area contributed by atoms with E-state index in [2.05, 4.69) is 51.9 Å². The minimum absolute atomic E-state index is 0.318. The van der Waals surface area contributed by atoms with Gasteiger partial charge < -0.3 is 9.64 Å². The zero-order valence-electron chi connectivity index (χ0n) is 18.4. The van der Waals surface area contributed by atoms with Crippen molar-refractivity contribution in [3.63, 3.8) is 0 Å². The lowest BCUT2D eigenvalue weighted by molar-refractivity contribution is 0.0523. The predicted molar refractivity (Wildman–Crippen MR) is 121 cm³/mol. The molecular weight excluding hydrogens is 390 g/mol. The van der Waals surface area contributed by atoms with Crippen LogP contribution >= 0.6 is 0 Å². The number of carbonyl (C=O) groups is 1. The Morgan fingerprint density at radius 3 is 2.61 bits per heavy atom. The highest BCUT2D eigenvalue weighted by Gasteiger charge is 2.25. The van der Waals surface area contributed by atoms with Crippen molar-refractivity contribution in [2.45, 2.75) is 27.3 Å². The summed E-state index contributed by atoms with van der Waals surface area (Å²) in [5.74, 6) is 0.691. The van der Waals surface area contributed by atoms with Crippen LogP contribution in [-0.2, 0) is 11.3 Å². The van der Waals surface area contributed by atoms with E-state index in [1.807, 2.05) is 36.0 Å². The first-order valence-corrected chi connectivity index (χ1v) is 10.8. The third-order valence-corrected chi connectivity index (χ3v) is 5.68. The van der Waals surface area contributed by atoms with Crippen LogP contribution in [-0.4, -0.2) is 58.4 Å². The van der Waals surface area contributed by atoms with E-state index >= 15 is 0 Å². The van der Waals surface area contributed by atoms with Crippen LogP contribution in [0.4, 0.5) is 5.82 Å². The lowest BCUT2D eigenvalue weighted by atomic mass is 10.1. The fraction of sp³-hybridized carbons (Fsp3) is 0.375. The van der Waals surface area contributed by atoms with E-state index < -0.39 is 0 Å². The molecule has 0 unspecified atom stereocenters. The number of aromatic nitrogens is 3. The van der Waals surface area contributed by atoms with Gasteiger partial charge >= 0.3 is 5.97 Å². The van der Waals surface area contributed by atoms with Crippen LogP contribution in [0, 0.1) is 13.8 Å². The molecule has 1 fully saturated rings. The van der Waals surface area contributed by atoms with Gasteiger partial charge in [0.05, 0.1) is 24.2 Å². The van der Waals surface area contributed by atoms with Crippen molar-refractivity contribution in [3.8, 4) is 5.69 Å². The van der Waals surface area contributed by atoms with Crippen LogP contribution < -0.4 is 4.90 Å². The smallest absolute Gasteiger partial charge is 0.341 e. The Bertz CT molecular complexity index is 1040.